The molecule has 13 heavy (non-hydrogen) atoms. The van der Waals surface area contributed by atoms with Gasteiger partial charge < -0.3 is 48.0 Å². The molecule has 0 aromatic carbocycles. The van der Waals surface area contributed by atoms with E-state index in [0.29, 0.717) is 0 Å². The summed E-state index contributed by atoms with van der Waals surface area (Å²) in [6.07, 6.45) is 3.44. The van der Waals surface area contributed by atoms with Gasteiger partial charge in [0.2, 0.25) is 0 Å². The fourth-order valence-electron chi connectivity index (χ4n) is 1.41. The van der Waals surface area contributed by atoms with E-state index in [2.05, 4.69) is 40.7 Å². The Labute approximate surface area is 129 Å². The van der Waals surface area contributed by atoms with Crippen LogP contribution in [0, 0.1) is 11.5 Å². The molecule has 0 nitrogen and oxygen atoms in total. The van der Waals surface area contributed by atoms with Crippen LogP contribution in [-0.2, 0) is 19.5 Å². The Morgan fingerprint density at radius 3 is 1.46 bits per heavy atom. The quantitative estimate of drug-likeness (QED) is 0.195. The molecule has 0 atom stereocenters. The third-order valence-electron chi connectivity index (χ3n) is 2.56. The Bertz CT molecular complexity index is 227. The molecule has 0 saturated heterocycles. The third kappa shape index (κ3) is 4.29. The first-order valence-electron chi connectivity index (χ1n) is 3.75. The molecule has 77 valence electrons. The van der Waals surface area contributed by atoms with Gasteiger partial charge in [-0.15, -0.1) is 6.92 Å². The second-order valence-corrected chi connectivity index (χ2v) is 3.62. The maximum atomic E-state index is 3.44. The standard InChI is InChI=1S/C10H15.2HI.Ru/c1-7-6-10(4,5)9(3)8(7)2;;;/h1-5H3;2*1H;/q-1;;;+3/p-2. The zero-order chi connectivity index (χ0) is 7.94. The van der Waals surface area contributed by atoms with Crippen LogP contribution in [0.3, 0.4) is 0 Å². The zero-order valence-corrected chi connectivity index (χ0v) is 14.7. The summed E-state index contributed by atoms with van der Waals surface area (Å²) in [4.78, 5) is 0. The molecular weight excluding hydrogens is 475 g/mol. The first-order chi connectivity index (χ1) is 4.45. The van der Waals surface area contributed by atoms with Crippen LogP contribution in [-0.4, -0.2) is 0 Å². The number of halogens is 2. The van der Waals surface area contributed by atoms with E-state index in [-0.39, 0.29) is 72.8 Å². The molecule has 0 unspecified atom stereocenters. The monoisotopic (exact) mass is 491 g/mol. The smallest absolute Gasteiger partial charge is 1.00 e. The number of hydrogen-bond acceptors (Lipinski definition) is 0. The third-order valence-corrected chi connectivity index (χ3v) is 2.56. The van der Waals surface area contributed by atoms with Crippen molar-refractivity contribution >= 4 is 0 Å². The Morgan fingerprint density at radius 2 is 1.38 bits per heavy atom. The van der Waals surface area contributed by atoms with E-state index in [1.54, 1.807) is 0 Å². The van der Waals surface area contributed by atoms with E-state index in [9.17, 15) is 0 Å². The topological polar surface area (TPSA) is 0 Å². The van der Waals surface area contributed by atoms with E-state index >= 15 is 0 Å². The van der Waals surface area contributed by atoms with Crippen LogP contribution in [0.15, 0.2) is 16.7 Å². The molecular formula is C10H15I2Ru. The molecule has 0 aromatic heterocycles. The predicted octanol–water partition coefficient (Wildman–Crippen LogP) is -2.88. The summed E-state index contributed by atoms with van der Waals surface area (Å²) < 4.78 is 0. The number of hydrogen-bond donors (Lipinski definition) is 0. The Kier molecular flexibility index (Phi) is 10.7. The summed E-state index contributed by atoms with van der Waals surface area (Å²) in [5.41, 5.74) is 4.39. The molecule has 0 heterocycles. The van der Waals surface area contributed by atoms with Crippen molar-refractivity contribution in [2.24, 2.45) is 5.41 Å². The Hall–Kier alpha value is 1.56. The normalized spacial score (nSPS) is 18.1. The maximum absolute atomic E-state index is 3.44. The molecule has 0 N–H and O–H groups in total. The van der Waals surface area contributed by atoms with E-state index in [4.69, 9.17) is 0 Å². The second kappa shape index (κ2) is 6.94. The van der Waals surface area contributed by atoms with Crippen LogP contribution < -0.4 is 48.0 Å². The van der Waals surface area contributed by atoms with Crippen molar-refractivity contribution in [2.45, 2.75) is 34.6 Å². The molecule has 1 radical (unpaired) electrons. The molecule has 3 heteroatoms. The SMILES string of the molecule is CC1=[C-]C(C)(C)C(C)=C1C.[I-].[I-].[Ru+3]. The average Bonchev–Trinajstić information content (AvgIpc) is 1.95. The fraction of sp³-hybridized carbons (Fsp3) is 0.600. The minimum atomic E-state index is 0. The van der Waals surface area contributed by atoms with Crippen LogP contribution in [0.5, 0.6) is 0 Å². The molecule has 1 rings (SSSR count). The second-order valence-electron chi connectivity index (χ2n) is 3.62. The molecule has 0 bridgehead atoms. The van der Waals surface area contributed by atoms with Gasteiger partial charge in [-0.1, -0.05) is 33.1 Å². The summed E-state index contributed by atoms with van der Waals surface area (Å²) in [6.45, 7) is 10.9. The van der Waals surface area contributed by atoms with Gasteiger partial charge in [0.1, 0.15) is 0 Å². The summed E-state index contributed by atoms with van der Waals surface area (Å²) >= 11 is 0. The summed E-state index contributed by atoms with van der Waals surface area (Å²) in [6, 6.07) is 0. The molecule has 0 amide bonds. The van der Waals surface area contributed by atoms with Crippen molar-refractivity contribution in [2.75, 3.05) is 0 Å². The van der Waals surface area contributed by atoms with Gasteiger partial charge in [0.25, 0.3) is 0 Å². The average molecular weight is 490 g/mol. The van der Waals surface area contributed by atoms with Gasteiger partial charge in [-0.3, -0.25) is 6.08 Å². The van der Waals surface area contributed by atoms with Crippen molar-refractivity contribution in [3.05, 3.63) is 22.8 Å². The number of rotatable bonds is 0. The zero-order valence-electron chi connectivity index (χ0n) is 8.61. The first kappa shape index (κ1) is 20.0. The van der Waals surface area contributed by atoms with Crippen LogP contribution in [0.1, 0.15) is 34.6 Å². The van der Waals surface area contributed by atoms with Gasteiger partial charge >= 0.3 is 19.5 Å². The Balaban J connectivity index is -0.000000333. The minimum absolute atomic E-state index is 0. The summed E-state index contributed by atoms with van der Waals surface area (Å²) in [5.74, 6) is 0. The van der Waals surface area contributed by atoms with Crippen LogP contribution in [0.25, 0.3) is 0 Å². The minimum Gasteiger partial charge on any atom is -1.00 e. The van der Waals surface area contributed by atoms with Crippen LogP contribution in [0.2, 0.25) is 0 Å². The van der Waals surface area contributed by atoms with E-state index in [1.807, 2.05) is 0 Å². The van der Waals surface area contributed by atoms with E-state index in [0.717, 1.165) is 0 Å². The maximum Gasteiger partial charge on any atom is 3.00 e. The van der Waals surface area contributed by atoms with Crippen molar-refractivity contribution in [3.8, 4) is 0 Å². The number of allylic oxidation sites excluding steroid dienone is 4. The Morgan fingerprint density at radius 1 is 1.00 bits per heavy atom. The molecule has 0 aromatic rings. The molecule has 0 fully saturated rings. The van der Waals surface area contributed by atoms with E-state index < -0.39 is 0 Å². The van der Waals surface area contributed by atoms with E-state index in [1.165, 1.54) is 16.7 Å². The van der Waals surface area contributed by atoms with Gasteiger partial charge in [-0.25, -0.2) is 5.57 Å². The predicted molar refractivity (Wildman–Crippen MR) is 44.6 cm³/mol. The van der Waals surface area contributed by atoms with Crippen molar-refractivity contribution < 1.29 is 67.4 Å². The molecule has 1 aliphatic carbocycles. The van der Waals surface area contributed by atoms with Gasteiger partial charge in [0, 0.05) is 0 Å². The molecule has 0 aliphatic heterocycles. The van der Waals surface area contributed by atoms with Gasteiger partial charge in [0.15, 0.2) is 0 Å². The summed E-state index contributed by atoms with van der Waals surface area (Å²) in [5, 5.41) is 0. The van der Waals surface area contributed by atoms with Gasteiger partial charge in [-0.05, 0) is 0 Å². The molecule has 0 saturated carbocycles. The van der Waals surface area contributed by atoms with Crippen molar-refractivity contribution in [3.63, 3.8) is 0 Å². The molecule has 1 aliphatic rings. The largest absolute Gasteiger partial charge is 3.00 e. The van der Waals surface area contributed by atoms with Crippen LogP contribution in [0.4, 0.5) is 0 Å². The summed E-state index contributed by atoms with van der Waals surface area (Å²) in [7, 11) is 0. The van der Waals surface area contributed by atoms with Crippen molar-refractivity contribution in [1.29, 1.82) is 0 Å². The van der Waals surface area contributed by atoms with Gasteiger partial charge in [0.05, 0.1) is 0 Å². The first-order valence-corrected chi connectivity index (χ1v) is 3.75. The van der Waals surface area contributed by atoms with Gasteiger partial charge in [-0.2, -0.15) is 11.1 Å². The fourth-order valence-corrected chi connectivity index (χ4v) is 1.41. The van der Waals surface area contributed by atoms with Crippen LogP contribution >= 0.6 is 0 Å². The van der Waals surface area contributed by atoms with Crippen molar-refractivity contribution in [1.82, 2.24) is 0 Å². The molecule has 0 spiro atoms.